The van der Waals surface area contributed by atoms with Crippen molar-refractivity contribution in [3.63, 3.8) is 0 Å². The van der Waals surface area contributed by atoms with Gasteiger partial charge in [-0.25, -0.2) is 0 Å². The number of thioether (sulfide) groups is 1. The molecule has 2 aromatic carbocycles. The van der Waals surface area contributed by atoms with E-state index < -0.39 is 0 Å². The Morgan fingerprint density at radius 3 is 2.67 bits per heavy atom. The zero-order valence-electron chi connectivity index (χ0n) is 16.7. The summed E-state index contributed by atoms with van der Waals surface area (Å²) in [5.74, 6) is 2.70. The molecule has 0 radical (unpaired) electrons. The van der Waals surface area contributed by atoms with E-state index in [-0.39, 0.29) is 5.25 Å². The Bertz CT molecular complexity index is 1140. The SMILES string of the molecule is CCc1noc(C(C)Sc2nnc(-c3cccc(OC)c3)n2-c2ccc(Cl)cc2)n1. The van der Waals surface area contributed by atoms with Crippen LogP contribution in [0.2, 0.25) is 5.02 Å². The van der Waals surface area contributed by atoms with Crippen LogP contribution in [0.3, 0.4) is 0 Å². The molecule has 30 heavy (non-hydrogen) atoms. The first-order valence-electron chi connectivity index (χ1n) is 9.44. The van der Waals surface area contributed by atoms with Gasteiger partial charge in [-0.05, 0) is 43.3 Å². The predicted octanol–water partition coefficient (Wildman–Crippen LogP) is 5.40. The van der Waals surface area contributed by atoms with Gasteiger partial charge in [0.25, 0.3) is 0 Å². The van der Waals surface area contributed by atoms with Crippen LogP contribution in [0.5, 0.6) is 5.75 Å². The number of ether oxygens (including phenoxy) is 1. The van der Waals surface area contributed by atoms with Gasteiger partial charge in [-0.15, -0.1) is 10.2 Å². The minimum Gasteiger partial charge on any atom is -0.497 e. The van der Waals surface area contributed by atoms with Crippen molar-refractivity contribution >= 4 is 23.4 Å². The van der Waals surface area contributed by atoms with Gasteiger partial charge in [-0.3, -0.25) is 4.57 Å². The van der Waals surface area contributed by atoms with Crippen molar-refractivity contribution in [2.45, 2.75) is 30.7 Å². The third-order valence-electron chi connectivity index (χ3n) is 4.48. The second kappa shape index (κ2) is 8.89. The quantitative estimate of drug-likeness (QED) is 0.355. The fraction of sp³-hybridized carbons (Fsp3) is 0.238. The first kappa shape index (κ1) is 20.4. The number of hydrogen-bond acceptors (Lipinski definition) is 7. The van der Waals surface area contributed by atoms with E-state index in [1.54, 1.807) is 7.11 Å². The van der Waals surface area contributed by atoms with E-state index in [0.29, 0.717) is 27.7 Å². The Morgan fingerprint density at radius 2 is 1.97 bits per heavy atom. The van der Waals surface area contributed by atoms with E-state index in [2.05, 4.69) is 20.3 Å². The Labute approximate surface area is 183 Å². The number of benzene rings is 2. The molecule has 0 fully saturated rings. The number of aryl methyl sites for hydroxylation is 1. The van der Waals surface area contributed by atoms with Gasteiger partial charge in [0, 0.05) is 22.7 Å². The van der Waals surface area contributed by atoms with Crippen LogP contribution < -0.4 is 4.74 Å². The molecule has 4 rings (SSSR count). The third kappa shape index (κ3) is 4.20. The summed E-state index contributed by atoms with van der Waals surface area (Å²) >= 11 is 7.60. The molecule has 1 atom stereocenters. The van der Waals surface area contributed by atoms with Crippen LogP contribution in [-0.4, -0.2) is 32.0 Å². The van der Waals surface area contributed by atoms with Crippen molar-refractivity contribution < 1.29 is 9.26 Å². The fourth-order valence-electron chi connectivity index (χ4n) is 2.90. The van der Waals surface area contributed by atoms with Gasteiger partial charge in [-0.1, -0.05) is 47.6 Å². The van der Waals surface area contributed by atoms with E-state index in [1.807, 2.05) is 66.9 Å². The van der Waals surface area contributed by atoms with Crippen LogP contribution in [0.4, 0.5) is 0 Å². The lowest BCUT2D eigenvalue weighted by Crippen LogP contribution is -2.01. The molecule has 154 valence electrons. The lowest BCUT2D eigenvalue weighted by atomic mass is 10.2. The largest absolute Gasteiger partial charge is 0.497 e. The summed E-state index contributed by atoms with van der Waals surface area (Å²) in [4.78, 5) is 4.44. The van der Waals surface area contributed by atoms with Crippen molar-refractivity contribution in [1.82, 2.24) is 24.9 Å². The van der Waals surface area contributed by atoms with Gasteiger partial charge in [-0.2, -0.15) is 4.98 Å². The first-order chi connectivity index (χ1) is 14.6. The van der Waals surface area contributed by atoms with Crippen LogP contribution in [0.25, 0.3) is 17.1 Å². The summed E-state index contributed by atoms with van der Waals surface area (Å²) < 4.78 is 12.8. The van der Waals surface area contributed by atoms with Crippen LogP contribution in [-0.2, 0) is 6.42 Å². The summed E-state index contributed by atoms with van der Waals surface area (Å²) in [6.07, 6.45) is 0.724. The molecule has 0 aliphatic rings. The Morgan fingerprint density at radius 1 is 1.17 bits per heavy atom. The molecule has 4 aromatic rings. The Kier molecular flexibility index (Phi) is 6.06. The van der Waals surface area contributed by atoms with Crippen molar-refractivity contribution in [2.75, 3.05) is 7.11 Å². The van der Waals surface area contributed by atoms with E-state index in [4.69, 9.17) is 20.9 Å². The average Bonchev–Trinajstić information content (AvgIpc) is 3.42. The third-order valence-corrected chi connectivity index (χ3v) is 5.76. The molecule has 0 saturated carbocycles. The highest BCUT2D eigenvalue weighted by molar-refractivity contribution is 7.99. The highest BCUT2D eigenvalue weighted by atomic mass is 35.5. The van der Waals surface area contributed by atoms with E-state index in [9.17, 15) is 0 Å². The van der Waals surface area contributed by atoms with Gasteiger partial charge >= 0.3 is 0 Å². The predicted molar refractivity (Wildman–Crippen MR) is 116 cm³/mol. The number of methoxy groups -OCH3 is 1. The molecule has 0 spiro atoms. The molecular formula is C21H20ClN5O2S. The van der Waals surface area contributed by atoms with E-state index in [1.165, 1.54) is 11.8 Å². The van der Waals surface area contributed by atoms with E-state index >= 15 is 0 Å². The molecule has 7 nitrogen and oxygen atoms in total. The van der Waals surface area contributed by atoms with Crippen LogP contribution >= 0.6 is 23.4 Å². The van der Waals surface area contributed by atoms with Crippen LogP contribution in [0, 0.1) is 0 Å². The molecule has 9 heteroatoms. The molecule has 0 aliphatic carbocycles. The minimum atomic E-state index is -0.0915. The molecule has 2 heterocycles. The standard InChI is InChI=1S/C21H20ClN5O2S/c1-4-18-23-20(29-26-18)13(2)30-21-25-24-19(14-6-5-7-17(12-14)28-3)27(21)16-10-8-15(22)9-11-16/h5-13H,4H2,1-3H3. The molecule has 0 amide bonds. The number of nitrogens with zero attached hydrogens (tertiary/aromatic N) is 5. The maximum Gasteiger partial charge on any atom is 0.239 e. The van der Waals surface area contributed by atoms with Crippen molar-refractivity contribution in [3.8, 4) is 22.8 Å². The highest BCUT2D eigenvalue weighted by Gasteiger charge is 2.22. The lowest BCUT2D eigenvalue weighted by Gasteiger charge is -2.12. The molecule has 0 aliphatic heterocycles. The zero-order chi connectivity index (χ0) is 21.1. The zero-order valence-corrected chi connectivity index (χ0v) is 18.3. The highest BCUT2D eigenvalue weighted by Crippen LogP contribution is 2.37. The van der Waals surface area contributed by atoms with Gasteiger partial charge < -0.3 is 9.26 Å². The smallest absolute Gasteiger partial charge is 0.239 e. The topological polar surface area (TPSA) is 78.9 Å². The Balaban J connectivity index is 1.76. The maximum absolute atomic E-state index is 6.10. The molecule has 0 bridgehead atoms. The van der Waals surface area contributed by atoms with Crippen LogP contribution in [0.15, 0.2) is 58.2 Å². The van der Waals surface area contributed by atoms with Gasteiger partial charge in [0.2, 0.25) is 5.89 Å². The minimum absolute atomic E-state index is 0.0915. The molecule has 0 N–H and O–H groups in total. The van der Waals surface area contributed by atoms with Gasteiger partial charge in [0.05, 0.1) is 12.4 Å². The molecule has 2 aromatic heterocycles. The van der Waals surface area contributed by atoms with Crippen molar-refractivity contribution in [2.24, 2.45) is 0 Å². The first-order valence-corrected chi connectivity index (χ1v) is 10.7. The molecular weight excluding hydrogens is 422 g/mol. The molecule has 0 saturated heterocycles. The summed E-state index contributed by atoms with van der Waals surface area (Å²) in [6.45, 7) is 3.99. The second-order valence-electron chi connectivity index (χ2n) is 6.51. The van der Waals surface area contributed by atoms with Crippen molar-refractivity contribution in [1.29, 1.82) is 0 Å². The van der Waals surface area contributed by atoms with E-state index in [0.717, 1.165) is 23.4 Å². The van der Waals surface area contributed by atoms with Gasteiger partial charge in [0.15, 0.2) is 16.8 Å². The summed E-state index contributed by atoms with van der Waals surface area (Å²) in [6, 6.07) is 15.3. The van der Waals surface area contributed by atoms with Crippen LogP contribution in [0.1, 0.15) is 30.8 Å². The second-order valence-corrected chi connectivity index (χ2v) is 8.26. The fourth-order valence-corrected chi connectivity index (χ4v) is 3.93. The number of halogens is 1. The summed E-state index contributed by atoms with van der Waals surface area (Å²) in [5, 5.41) is 14.2. The van der Waals surface area contributed by atoms with Gasteiger partial charge in [0.1, 0.15) is 5.75 Å². The summed E-state index contributed by atoms with van der Waals surface area (Å²) in [5.41, 5.74) is 1.79. The lowest BCUT2D eigenvalue weighted by molar-refractivity contribution is 0.375. The number of hydrogen-bond donors (Lipinski definition) is 0. The average molecular weight is 442 g/mol. The Hall–Kier alpha value is -2.84. The molecule has 1 unspecified atom stereocenters. The number of aromatic nitrogens is 5. The number of rotatable bonds is 7. The van der Waals surface area contributed by atoms with Crippen molar-refractivity contribution in [3.05, 3.63) is 65.3 Å². The monoisotopic (exact) mass is 441 g/mol. The summed E-state index contributed by atoms with van der Waals surface area (Å²) in [7, 11) is 1.64. The normalized spacial score (nSPS) is 12.1. The maximum atomic E-state index is 6.10.